The van der Waals surface area contributed by atoms with Crippen molar-refractivity contribution in [3.05, 3.63) is 29.3 Å². The number of carbonyl (C=O) groups excluding carboxylic acids is 1. The summed E-state index contributed by atoms with van der Waals surface area (Å²) in [6.07, 6.45) is -0.470. The van der Waals surface area contributed by atoms with E-state index in [2.05, 4.69) is 5.32 Å². The van der Waals surface area contributed by atoms with Crippen molar-refractivity contribution in [3.63, 3.8) is 0 Å². The molecular weight excluding hydrogens is 202 g/mol. The molecule has 0 aliphatic carbocycles. The average molecular weight is 214 g/mol. The second-order valence-corrected chi connectivity index (χ2v) is 3.58. The van der Waals surface area contributed by atoms with Crippen molar-refractivity contribution in [1.82, 2.24) is 5.32 Å². The second-order valence-electron chi connectivity index (χ2n) is 3.15. The topological polar surface area (TPSA) is 38.3 Å². The van der Waals surface area contributed by atoms with Gasteiger partial charge in [-0.1, -0.05) is 17.7 Å². The molecule has 0 spiro atoms. The van der Waals surface area contributed by atoms with E-state index in [1.807, 2.05) is 13.8 Å². The van der Waals surface area contributed by atoms with Crippen molar-refractivity contribution in [2.24, 2.45) is 0 Å². The van der Waals surface area contributed by atoms with E-state index in [4.69, 9.17) is 16.3 Å². The first-order valence-corrected chi connectivity index (χ1v) is 4.69. The van der Waals surface area contributed by atoms with Gasteiger partial charge in [-0.05, 0) is 32.0 Å². The summed E-state index contributed by atoms with van der Waals surface area (Å²) in [7, 11) is 0. The molecule has 0 aliphatic heterocycles. The van der Waals surface area contributed by atoms with Crippen LogP contribution in [-0.2, 0) is 0 Å². The molecule has 3 nitrogen and oxygen atoms in total. The highest BCUT2D eigenvalue weighted by Gasteiger charge is 2.05. The quantitative estimate of drug-likeness (QED) is 0.821. The van der Waals surface area contributed by atoms with Crippen LogP contribution in [0.15, 0.2) is 24.3 Å². The van der Waals surface area contributed by atoms with Gasteiger partial charge in [0.25, 0.3) is 0 Å². The van der Waals surface area contributed by atoms with Crippen LogP contribution in [0.4, 0.5) is 4.79 Å². The lowest BCUT2D eigenvalue weighted by atomic mass is 10.3. The van der Waals surface area contributed by atoms with Gasteiger partial charge in [-0.25, -0.2) is 4.79 Å². The maximum atomic E-state index is 11.2. The van der Waals surface area contributed by atoms with Crippen LogP contribution in [0.1, 0.15) is 13.8 Å². The number of hydrogen-bond donors (Lipinski definition) is 1. The fourth-order valence-electron chi connectivity index (χ4n) is 0.903. The SMILES string of the molecule is CC(C)NC(=O)Oc1cccc(Cl)c1. The first-order valence-electron chi connectivity index (χ1n) is 4.32. The number of halogens is 1. The Kier molecular flexibility index (Phi) is 3.77. The molecule has 1 rings (SSSR count). The number of benzene rings is 1. The van der Waals surface area contributed by atoms with Gasteiger partial charge >= 0.3 is 6.09 Å². The van der Waals surface area contributed by atoms with Gasteiger partial charge in [0.1, 0.15) is 5.75 Å². The van der Waals surface area contributed by atoms with E-state index < -0.39 is 6.09 Å². The summed E-state index contributed by atoms with van der Waals surface area (Å²) in [4.78, 5) is 11.2. The molecule has 1 N–H and O–H groups in total. The summed E-state index contributed by atoms with van der Waals surface area (Å²) < 4.78 is 4.97. The average Bonchev–Trinajstić information content (AvgIpc) is 2.01. The number of rotatable bonds is 2. The Morgan fingerprint density at radius 2 is 2.21 bits per heavy atom. The van der Waals surface area contributed by atoms with Crippen LogP contribution in [0.5, 0.6) is 5.75 Å². The van der Waals surface area contributed by atoms with Crippen LogP contribution >= 0.6 is 11.6 Å². The number of ether oxygens (including phenoxy) is 1. The van der Waals surface area contributed by atoms with Crippen LogP contribution in [0.25, 0.3) is 0 Å². The summed E-state index contributed by atoms with van der Waals surface area (Å²) in [5.41, 5.74) is 0. The minimum Gasteiger partial charge on any atom is -0.410 e. The van der Waals surface area contributed by atoms with E-state index in [-0.39, 0.29) is 6.04 Å². The Bertz CT molecular complexity index is 326. The molecule has 0 saturated carbocycles. The van der Waals surface area contributed by atoms with Gasteiger partial charge < -0.3 is 10.1 Å². The lowest BCUT2D eigenvalue weighted by Crippen LogP contribution is -2.32. The van der Waals surface area contributed by atoms with Gasteiger partial charge in [-0.2, -0.15) is 0 Å². The molecule has 4 heteroatoms. The third-order valence-corrected chi connectivity index (χ3v) is 1.65. The molecule has 0 unspecified atom stereocenters. The maximum Gasteiger partial charge on any atom is 0.412 e. The third kappa shape index (κ3) is 3.66. The minimum absolute atomic E-state index is 0.0571. The molecule has 0 radical (unpaired) electrons. The lowest BCUT2D eigenvalue weighted by molar-refractivity contribution is 0.198. The summed E-state index contributed by atoms with van der Waals surface area (Å²) >= 11 is 5.72. The number of carbonyl (C=O) groups is 1. The van der Waals surface area contributed by atoms with Crippen LogP contribution < -0.4 is 10.1 Å². The van der Waals surface area contributed by atoms with Crippen molar-refractivity contribution in [3.8, 4) is 5.75 Å². The fraction of sp³-hybridized carbons (Fsp3) is 0.300. The van der Waals surface area contributed by atoms with E-state index >= 15 is 0 Å². The molecule has 1 aromatic rings. The maximum absolute atomic E-state index is 11.2. The van der Waals surface area contributed by atoms with Gasteiger partial charge in [-0.3, -0.25) is 0 Å². The molecule has 1 amide bonds. The van der Waals surface area contributed by atoms with Crippen molar-refractivity contribution in [2.45, 2.75) is 19.9 Å². The zero-order valence-corrected chi connectivity index (χ0v) is 8.84. The molecule has 0 aromatic heterocycles. The minimum atomic E-state index is -0.470. The standard InChI is InChI=1S/C10H12ClNO2/c1-7(2)12-10(13)14-9-5-3-4-8(11)6-9/h3-7H,1-2H3,(H,12,13). The third-order valence-electron chi connectivity index (χ3n) is 1.41. The molecule has 0 atom stereocenters. The van der Waals surface area contributed by atoms with Gasteiger partial charge in [0.05, 0.1) is 0 Å². The van der Waals surface area contributed by atoms with Crippen LogP contribution in [0.3, 0.4) is 0 Å². The summed E-state index contributed by atoms with van der Waals surface area (Å²) in [5.74, 6) is 0.440. The zero-order valence-electron chi connectivity index (χ0n) is 8.08. The van der Waals surface area contributed by atoms with E-state index in [0.29, 0.717) is 10.8 Å². The lowest BCUT2D eigenvalue weighted by Gasteiger charge is -2.08. The number of hydrogen-bond acceptors (Lipinski definition) is 2. The van der Waals surface area contributed by atoms with Gasteiger partial charge in [0.2, 0.25) is 0 Å². The van der Waals surface area contributed by atoms with Crippen molar-refractivity contribution < 1.29 is 9.53 Å². The van der Waals surface area contributed by atoms with E-state index in [1.54, 1.807) is 24.3 Å². The predicted molar refractivity (Wildman–Crippen MR) is 55.7 cm³/mol. The molecule has 14 heavy (non-hydrogen) atoms. The second kappa shape index (κ2) is 4.86. The molecule has 0 fully saturated rings. The molecule has 0 aliphatic rings. The van der Waals surface area contributed by atoms with Crippen LogP contribution in [0.2, 0.25) is 5.02 Å². The summed E-state index contributed by atoms with van der Waals surface area (Å²) in [6.45, 7) is 3.72. The molecular formula is C10H12ClNO2. The van der Waals surface area contributed by atoms with E-state index in [0.717, 1.165) is 0 Å². The Balaban J connectivity index is 2.56. The Labute approximate surface area is 88.0 Å². The molecule has 0 bridgehead atoms. The highest BCUT2D eigenvalue weighted by atomic mass is 35.5. The number of amides is 1. The monoisotopic (exact) mass is 213 g/mol. The first-order chi connectivity index (χ1) is 6.58. The van der Waals surface area contributed by atoms with E-state index in [1.165, 1.54) is 0 Å². The Morgan fingerprint density at radius 1 is 1.50 bits per heavy atom. The van der Waals surface area contributed by atoms with Crippen LogP contribution in [0, 0.1) is 0 Å². The molecule has 0 saturated heterocycles. The van der Waals surface area contributed by atoms with Crippen molar-refractivity contribution >= 4 is 17.7 Å². The first kappa shape index (κ1) is 10.9. The molecule has 1 aromatic carbocycles. The molecule has 76 valence electrons. The zero-order chi connectivity index (χ0) is 10.6. The van der Waals surface area contributed by atoms with E-state index in [9.17, 15) is 4.79 Å². The predicted octanol–water partition coefficient (Wildman–Crippen LogP) is 2.84. The highest BCUT2D eigenvalue weighted by Crippen LogP contribution is 2.16. The highest BCUT2D eigenvalue weighted by molar-refractivity contribution is 6.30. The Morgan fingerprint density at radius 3 is 2.79 bits per heavy atom. The summed E-state index contributed by atoms with van der Waals surface area (Å²) in [6, 6.07) is 6.75. The van der Waals surface area contributed by atoms with Gasteiger partial charge in [0, 0.05) is 11.1 Å². The Hall–Kier alpha value is -1.22. The van der Waals surface area contributed by atoms with Crippen molar-refractivity contribution in [2.75, 3.05) is 0 Å². The largest absolute Gasteiger partial charge is 0.412 e. The number of nitrogens with one attached hydrogen (secondary N) is 1. The normalized spacial score (nSPS) is 10.0. The smallest absolute Gasteiger partial charge is 0.410 e. The van der Waals surface area contributed by atoms with Crippen LogP contribution in [-0.4, -0.2) is 12.1 Å². The summed E-state index contributed by atoms with van der Waals surface area (Å²) in [5, 5.41) is 3.15. The van der Waals surface area contributed by atoms with Gasteiger partial charge in [-0.15, -0.1) is 0 Å². The van der Waals surface area contributed by atoms with Gasteiger partial charge in [0.15, 0.2) is 0 Å². The molecule has 0 heterocycles. The van der Waals surface area contributed by atoms with Crippen molar-refractivity contribution in [1.29, 1.82) is 0 Å². The fourth-order valence-corrected chi connectivity index (χ4v) is 1.08.